The second-order valence-corrected chi connectivity index (χ2v) is 7.33. The van der Waals surface area contributed by atoms with Crippen LogP contribution < -0.4 is 14.8 Å². The van der Waals surface area contributed by atoms with Gasteiger partial charge in [-0.25, -0.2) is 0 Å². The lowest BCUT2D eigenvalue weighted by Crippen LogP contribution is -2.27. The van der Waals surface area contributed by atoms with Crippen LogP contribution in [0, 0.1) is 0 Å². The monoisotopic (exact) mass is 382 g/mol. The Hall–Kier alpha value is -2.00. The molecule has 0 spiro atoms. The summed E-state index contributed by atoms with van der Waals surface area (Å²) >= 11 is 2.85. The van der Waals surface area contributed by atoms with E-state index in [9.17, 15) is 4.79 Å². The molecule has 0 radical (unpaired) electrons. The number of benzene rings is 1. The zero-order valence-corrected chi connectivity index (χ0v) is 16.4. The van der Waals surface area contributed by atoms with Gasteiger partial charge < -0.3 is 19.7 Å². The quantitative estimate of drug-likeness (QED) is 0.668. The average molecular weight is 383 g/mol. The second kappa shape index (κ2) is 9.47. The SMILES string of the molecule is CCNc1nnc(SCC(=O)N(C)Cc2ccc(OC)c(OC)c2)s1. The van der Waals surface area contributed by atoms with Gasteiger partial charge in [0.2, 0.25) is 11.0 Å². The van der Waals surface area contributed by atoms with E-state index in [4.69, 9.17) is 9.47 Å². The molecule has 136 valence electrons. The summed E-state index contributed by atoms with van der Waals surface area (Å²) in [6, 6.07) is 5.64. The molecular formula is C16H22N4O3S2. The summed E-state index contributed by atoms with van der Waals surface area (Å²) in [6.07, 6.45) is 0. The van der Waals surface area contributed by atoms with Gasteiger partial charge in [-0.2, -0.15) is 0 Å². The Morgan fingerprint density at radius 3 is 2.72 bits per heavy atom. The Bertz CT molecular complexity index is 708. The van der Waals surface area contributed by atoms with Crippen LogP contribution in [0.4, 0.5) is 5.13 Å². The van der Waals surface area contributed by atoms with E-state index in [1.54, 1.807) is 26.2 Å². The third-order valence-corrected chi connectivity index (χ3v) is 5.35. The summed E-state index contributed by atoms with van der Waals surface area (Å²) < 4.78 is 11.3. The highest BCUT2D eigenvalue weighted by Crippen LogP contribution is 2.28. The fraction of sp³-hybridized carbons (Fsp3) is 0.438. The molecule has 0 atom stereocenters. The minimum Gasteiger partial charge on any atom is -0.493 e. The lowest BCUT2D eigenvalue weighted by Gasteiger charge is -2.18. The van der Waals surface area contributed by atoms with Crippen molar-refractivity contribution in [1.82, 2.24) is 15.1 Å². The van der Waals surface area contributed by atoms with Crippen LogP contribution in [-0.2, 0) is 11.3 Å². The van der Waals surface area contributed by atoms with E-state index < -0.39 is 0 Å². The highest BCUT2D eigenvalue weighted by Gasteiger charge is 2.13. The first kappa shape index (κ1) is 19.3. The Labute approximate surface area is 155 Å². The number of methoxy groups -OCH3 is 2. The van der Waals surface area contributed by atoms with E-state index in [1.807, 2.05) is 25.1 Å². The topological polar surface area (TPSA) is 76.6 Å². The van der Waals surface area contributed by atoms with Crippen molar-refractivity contribution in [3.8, 4) is 11.5 Å². The lowest BCUT2D eigenvalue weighted by molar-refractivity contribution is -0.127. The van der Waals surface area contributed by atoms with Crippen LogP contribution in [-0.4, -0.2) is 54.6 Å². The fourth-order valence-electron chi connectivity index (χ4n) is 2.07. The van der Waals surface area contributed by atoms with Crippen molar-refractivity contribution in [2.45, 2.75) is 17.8 Å². The Morgan fingerprint density at radius 2 is 2.04 bits per heavy atom. The van der Waals surface area contributed by atoms with Crippen LogP contribution in [0.15, 0.2) is 22.5 Å². The summed E-state index contributed by atoms with van der Waals surface area (Å²) in [5.74, 6) is 1.67. The van der Waals surface area contributed by atoms with Crippen molar-refractivity contribution in [2.24, 2.45) is 0 Å². The van der Waals surface area contributed by atoms with Gasteiger partial charge in [-0.1, -0.05) is 29.2 Å². The van der Waals surface area contributed by atoms with Gasteiger partial charge in [-0.15, -0.1) is 10.2 Å². The van der Waals surface area contributed by atoms with E-state index in [2.05, 4.69) is 15.5 Å². The first-order valence-electron chi connectivity index (χ1n) is 7.72. The van der Waals surface area contributed by atoms with Crippen LogP contribution in [0.3, 0.4) is 0 Å². The van der Waals surface area contributed by atoms with Gasteiger partial charge in [-0.05, 0) is 24.6 Å². The van der Waals surface area contributed by atoms with E-state index >= 15 is 0 Å². The molecule has 1 N–H and O–H groups in total. The van der Waals surface area contributed by atoms with E-state index in [0.29, 0.717) is 23.8 Å². The summed E-state index contributed by atoms with van der Waals surface area (Å²) in [4.78, 5) is 14.0. The molecule has 0 fully saturated rings. The number of nitrogens with zero attached hydrogens (tertiary/aromatic N) is 3. The van der Waals surface area contributed by atoms with Crippen molar-refractivity contribution in [1.29, 1.82) is 0 Å². The standard InChI is InChI=1S/C16H22N4O3S2/c1-5-17-15-18-19-16(25-15)24-10-14(21)20(2)9-11-6-7-12(22-3)13(8-11)23-4/h6-8H,5,9-10H2,1-4H3,(H,17,18). The molecule has 1 heterocycles. The third kappa shape index (κ3) is 5.50. The molecule has 9 heteroatoms. The van der Waals surface area contributed by atoms with Gasteiger partial charge >= 0.3 is 0 Å². The number of carbonyl (C=O) groups excluding carboxylic acids is 1. The molecule has 0 unspecified atom stereocenters. The Morgan fingerprint density at radius 1 is 1.28 bits per heavy atom. The summed E-state index contributed by atoms with van der Waals surface area (Å²) in [7, 11) is 4.97. The van der Waals surface area contributed by atoms with Crippen LogP contribution in [0.1, 0.15) is 12.5 Å². The molecule has 0 aliphatic carbocycles. The maximum atomic E-state index is 12.3. The highest BCUT2D eigenvalue weighted by molar-refractivity contribution is 8.01. The molecule has 1 aromatic heterocycles. The Balaban J connectivity index is 1.89. The third-order valence-electron chi connectivity index (χ3n) is 3.35. The maximum Gasteiger partial charge on any atom is 0.233 e. The van der Waals surface area contributed by atoms with Gasteiger partial charge in [0.25, 0.3) is 0 Å². The number of rotatable bonds is 9. The second-order valence-electron chi connectivity index (χ2n) is 5.13. The zero-order valence-electron chi connectivity index (χ0n) is 14.7. The van der Waals surface area contributed by atoms with Crippen molar-refractivity contribution in [3.05, 3.63) is 23.8 Å². The summed E-state index contributed by atoms with van der Waals surface area (Å²) in [5.41, 5.74) is 0.976. The molecular weight excluding hydrogens is 360 g/mol. The van der Waals surface area contributed by atoms with Gasteiger partial charge in [0.05, 0.1) is 20.0 Å². The maximum absolute atomic E-state index is 12.3. The first-order valence-corrected chi connectivity index (χ1v) is 9.52. The zero-order chi connectivity index (χ0) is 18.2. The van der Waals surface area contributed by atoms with Gasteiger partial charge in [0, 0.05) is 20.1 Å². The smallest absolute Gasteiger partial charge is 0.233 e. The van der Waals surface area contributed by atoms with E-state index in [0.717, 1.165) is 21.6 Å². The fourth-order valence-corrected chi connectivity index (χ4v) is 3.83. The lowest BCUT2D eigenvalue weighted by atomic mass is 10.2. The largest absolute Gasteiger partial charge is 0.493 e. The van der Waals surface area contributed by atoms with Gasteiger partial charge in [-0.3, -0.25) is 4.79 Å². The number of aromatic nitrogens is 2. The number of carbonyl (C=O) groups is 1. The molecule has 0 saturated heterocycles. The van der Waals surface area contributed by atoms with Gasteiger partial charge in [0.15, 0.2) is 15.8 Å². The predicted octanol–water partition coefficient (Wildman–Crippen LogP) is 2.74. The molecule has 2 aromatic rings. The molecule has 0 aliphatic rings. The average Bonchev–Trinajstić information content (AvgIpc) is 3.07. The van der Waals surface area contributed by atoms with E-state index in [-0.39, 0.29) is 5.91 Å². The number of nitrogens with one attached hydrogen (secondary N) is 1. The molecule has 0 bridgehead atoms. The number of ether oxygens (including phenoxy) is 2. The number of hydrogen-bond donors (Lipinski definition) is 1. The number of anilines is 1. The molecule has 1 amide bonds. The number of thioether (sulfide) groups is 1. The molecule has 7 nitrogen and oxygen atoms in total. The molecule has 0 aliphatic heterocycles. The number of hydrogen-bond acceptors (Lipinski definition) is 8. The summed E-state index contributed by atoms with van der Waals surface area (Å²) in [5, 5.41) is 12.0. The normalized spacial score (nSPS) is 10.4. The minimum atomic E-state index is 0.0278. The number of amides is 1. The minimum absolute atomic E-state index is 0.0278. The van der Waals surface area contributed by atoms with Crippen molar-refractivity contribution in [3.63, 3.8) is 0 Å². The van der Waals surface area contributed by atoms with Crippen LogP contribution in [0.25, 0.3) is 0 Å². The van der Waals surface area contributed by atoms with Crippen LogP contribution in [0.5, 0.6) is 11.5 Å². The predicted molar refractivity (Wildman–Crippen MR) is 101 cm³/mol. The van der Waals surface area contributed by atoms with Crippen molar-refractivity contribution < 1.29 is 14.3 Å². The van der Waals surface area contributed by atoms with Crippen molar-refractivity contribution in [2.75, 3.05) is 38.9 Å². The Kier molecular flexibility index (Phi) is 7.32. The first-order chi connectivity index (χ1) is 12.1. The van der Waals surface area contributed by atoms with Crippen molar-refractivity contribution >= 4 is 34.1 Å². The highest BCUT2D eigenvalue weighted by atomic mass is 32.2. The molecule has 1 aromatic carbocycles. The molecule has 25 heavy (non-hydrogen) atoms. The van der Waals surface area contributed by atoms with Crippen LogP contribution >= 0.6 is 23.1 Å². The molecule has 2 rings (SSSR count). The van der Waals surface area contributed by atoms with Crippen LogP contribution in [0.2, 0.25) is 0 Å². The van der Waals surface area contributed by atoms with Gasteiger partial charge in [0.1, 0.15) is 0 Å². The van der Waals surface area contributed by atoms with E-state index in [1.165, 1.54) is 23.1 Å². The summed E-state index contributed by atoms with van der Waals surface area (Å²) in [6.45, 7) is 3.30. The molecule has 0 saturated carbocycles.